The molecule has 0 fully saturated rings. The van der Waals surface area contributed by atoms with Gasteiger partial charge in [0, 0.05) is 12.8 Å². The fraction of sp³-hybridized carbons (Fsp3) is 0.176. The van der Waals surface area contributed by atoms with Crippen molar-refractivity contribution in [2.24, 2.45) is 0 Å². The Labute approximate surface area is 143 Å². The van der Waals surface area contributed by atoms with E-state index in [2.05, 4.69) is 5.32 Å². The monoisotopic (exact) mass is 409 g/mol. The topological polar surface area (TPSA) is 55.4 Å². The van der Waals surface area contributed by atoms with Crippen molar-refractivity contribution < 1.29 is 12.7 Å². The molecule has 2 aromatic rings. The number of rotatable bonds is 5. The molecule has 1 atom stereocenters. The fourth-order valence-electron chi connectivity index (χ4n) is 2.44. The highest BCUT2D eigenvalue weighted by Crippen LogP contribution is 2.29. The van der Waals surface area contributed by atoms with Gasteiger partial charge in [-0.1, -0.05) is 60.7 Å². The van der Waals surface area contributed by atoms with E-state index in [1.54, 1.807) is 23.0 Å². The molecular formula is C17H16INO3. The van der Waals surface area contributed by atoms with E-state index < -0.39 is 12.0 Å². The predicted molar refractivity (Wildman–Crippen MR) is 92.4 cm³/mol. The molecule has 0 radical (unpaired) electrons. The second-order valence-electron chi connectivity index (χ2n) is 4.87. The van der Waals surface area contributed by atoms with E-state index in [1.165, 1.54) is 6.92 Å². The molecule has 0 heterocycles. The Balaban J connectivity index is 2.50. The van der Waals surface area contributed by atoms with Crippen molar-refractivity contribution >= 4 is 34.9 Å². The average Bonchev–Trinajstić information content (AvgIpc) is 2.55. The highest BCUT2D eigenvalue weighted by Gasteiger charge is 2.32. The normalized spacial score (nSPS) is 11.8. The lowest BCUT2D eigenvalue weighted by atomic mass is 9.85. The van der Waals surface area contributed by atoms with Crippen molar-refractivity contribution in [1.29, 1.82) is 0 Å². The van der Waals surface area contributed by atoms with Gasteiger partial charge in [-0.25, -0.2) is 4.79 Å². The molecule has 22 heavy (non-hydrogen) atoms. The number of carbonyl (C=O) groups excluding carboxylic acids is 2. The Morgan fingerprint density at radius 3 is 1.77 bits per heavy atom. The summed E-state index contributed by atoms with van der Waals surface area (Å²) >= 11 is 1.55. The van der Waals surface area contributed by atoms with E-state index in [0.717, 1.165) is 11.1 Å². The van der Waals surface area contributed by atoms with Gasteiger partial charge in [0.05, 0.1) is 0 Å². The van der Waals surface area contributed by atoms with Gasteiger partial charge in [-0.2, -0.15) is 0 Å². The third kappa shape index (κ3) is 4.07. The SMILES string of the molecule is CC(=O)N[C@H](C(=O)OI)C(c1ccccc1)c1ccccc1. The first-order valence-electron chi connectivity index (χ1n) is 6.83. The summed E-state index contributed by atoms with van der Waals surface area (Å²) in [6.07, 6.45) is 0. The summed E-state index contributed by atoms with van der Waals surface area (Å²) in [6.45, 7) is 1.39. The van der Waals surface area contributed by atoms with Crippen LogP contribution in [0.15, 0.2) is 60.7 Å². The van der Waals surface area contributed by atoms with Crippen LogP contribution >= 0.6 is 23.0 Å². The minimum absolute atomic E-state index is 0.274. The molecule has 2 rings (SSSR count). The van der Waals surface area contributed by atoms with Crippen molar-refractivity contribution in [2.45, 2.75) is 18.9 Å². The first kappa shape index (κ1) is 16.5. The van der Waals surface area contributed by atoms with Crippen LogP contribution in [0.4, 0.5) is 0 Å². The smallest absolute Gasteiger partial charge is 0.339 e. The summed E-state index contributed by atoms with van der Waals surface area (Å²) in [5, 5.41) is 2.71. The minimum Gasteiger partial charge on any atom is -0.393 e. The number of hydrogen-bond acceptors (Lipinski definition) is 3. The molecule has 0 bridgehead atoms. The second-order valence-corrected chi connectivity index (χ2v) is 5.31. The van der Waals surface area contributed by atoms with Crippen LogP contribution in [-0.4, -0.2) is 17.9 Å². The fourth-order valence-corrected chi connectivity index (χ4v) is 2.72. The Bertz CT molecular complexity index is 591. The molecule has 1 N–H and O–H groups in total. The molecule has 114 valence electrons. The maximum absolute atomic E-state index is 12.2. The van der Waals surface area contributed by atoms with Gasteiger partial charge in [0.2, 0.25) is 5.91 Å². The molecule has 0 aromatic heterocycles. The number of carbonyl (C=O) groups is 2. The summed E-state index contributed by atoms with van der Waals surface area (Å²) < 4.78 is 4.85. The predicted octanol–water partition coefficient (Wildman–Crippen LogP) is 3.22. The quantitative estimate of drug-likeness (QED) is 0.772. The van der Waals surface area contributed by atoms with Crippen LogP contribution in [0, 0.1) is 0 Å². The van der Waals surface area contributed by atoms with Crippen molar-refractivity contribution in [2.75, 3.05) is 0 Å². The van der Waals surface area contributed by atoms with Crippen LogP contribution in [0.2, 0.25) is 0 Å². The second kappa shape index (κ2) is 7.93. The van der Waals surface area contributed by atoms with E-state index in [9.17, 15) is 9.59 Å². The number of nitrogens with one attached hydrogen (secondary N) is 1. The van der Waals surface area contributed by atoms with E-state index >= 15 is 0 Å². The number of halogens is 1. The van der Waals surface area contributed by atoms with Gasteiger partial charge in [0.1, 0.15) is 6.04 Å². The largest absolute Gasteiger partial charge is 0.393 e. The Morgan fingerprint density at radius 2 is 1.41 bits per heavy atom. The van der Waals surface area contributed by atoms with Crippen molar-refractivity contribution in [3.05, 3.63) is 71.8 Å². The van der Waals surface area contributed by atoms with Gasteiger partial charge in [-0.3, -0.25) is 4.79 Å². The zero-order valence-electron chi connectivity index (χ0n) is 12.0. The summed E-state index contributed by atoms with van der Waals surface area (Å²) in [5.74, 6) is -1.06. The maximum Gasteiger partial charge on any atom is 0.339 e. The Hall–Kier alpha value is -1.89. The van der Waals surface area contributed by atoms with Gasteiger partial charge in [0.25, 0.3) is 0 Å². The van der Waals surface area contributed by atoms with E-state index in [1.807, 2.05) is 60.7 Å². The van der Waals surface area contributed by atoms with Gasteiger partial charge in [-0.15, -0.1) is 0 Å². The molecule has 4 nitrogen and oxygen atoms in total. The molecule has 0 saturated carbocycles. The average molecular weight is 409 g/mol. The van der Waals surface area contributed by atoms with Gasteiger partial charge < -0.3 is 8.38 Å². The number of amides is 1. The third-order valence-corrected chi connectivity index (χ3v) is 3.77. The summed E-state index contributed by atoms with van der Waals surface area (Å²) in [7, 11) is 0. The molecule has 0 aliphatic heterocycles. The standard InChI is InChI=1S/C17H16INO3/c1-12(20)19-16(17(21)22-18)15(13-8-4-2-5-9-13)14-10-6-3-7-11-14/h2-11,15-16H,1H3,(H,19,20)/t16-/m0/s1. The van der Waals surface area contributed by atoms with Crippen molar-refractivity contribution in [3.63, 3.8) is 0 Å². The summed E-state index contributed by atoms with van der Waals surface area (Å²) in [6, 6.07) is 18.4. The van der Waals surface area contributed by atoms with Crippen molar-refractivity contribution in [3.8, 4) is 0 Å². The Kier molecular flexibility index (Phi) is 5.94. The molecule has 0 saturated heterocycles. The number of benzene rings is 2. The Morgan fingerprint density at radius 1 is 0.955 bits per heavy atom. The van der Waals surface area contributed by atoms with E-state index in [-0.39, 0.29) is 11.8 Å². The molecule has 1 amide bonds. The molecule has 0 spiro atoms. The third-order valence-electron chi connectivity index (χ3n) is 3.34. The van der Waals surface area contributed by atoms with Crippen LogP contribution in [0.3, 0.4) is 0 Å². The summed E-state index contributed by atoms with van der Waals surface area (Å²) in [5.41, 5.74) is 1.88. The lowest BCUT2D eigenvalue weighted by Crippen LogP contribution is -2.44. The first-order chi connectivity index (χ1) is 10.6. The highest BCUT2D eigenvalue weighted by atomic mass is 127. The van der Waals surface area contributed by atoms with Crippen molar-refractivity contribution in [1.82, 2.24) is 5.32 Å². The van der Waals surface area contributed by atoms with Crippen LogP contribution in [-0.2, 0) is 12.7 Å². The maximum atomic E-state index is 12.2. The van der Waals surface area contributed by atoms with E-state index in [0.29, 0.717) is 0 Å². The molecule has 0 aliphatic rings. The van der Waals surface area contributed by atoms with Crippen LogP contribution in [0.1, 0.15) is 24.0 Å². The molecular weight excluding hydrogens is 393 g/mol. The minimum atomic E-state index is -0.779. The summed E-state index contributed by atoms with van der Waals surface area (Å²) in [4.78, 5) is 23.7. The van der Waals surface area contributed by atoms with Gasteiger partial charge in [-0.05, 0) is 11.1 Å². The van der Waals surface area contributed by atoms with Crippen LogP contribution < -0.4 is 5.32 Å². The highest BCUT2D eigenvalue weighted by molar-refractivity contribution is 14.1. The molecule has 2 aromatic carbocycles. The lowest BCUT2D eigenvalue weighted by Gasteiger charge is -2.26. The molecule has 5 heteroatoms. The van der Waals surface area contributed by atoms with Gasteiger partial charge in [0.15, 0.2) is 23.0 Å². The van der Waals surface area contributed by atoms with Crippen LogP contribution in [0.5, 0.6) is 0 Å². The lowest BCUT2D eigenvalue weighted by molar-refractivity contribution is -0.136. The van der Waals surface area contributed by atoms with E-state index in [4.69, 9.17) is 3.07 Å². The zero-order valence-corrected chi connectivity index (χ0v) is 14.2. The first-order valence-corrected chi connectivity index (χ1v) is 7.71. The number of hydrogen-bond donors (Lipinski definition) is 1. The van der Waals surface area contributed by atoms with Gasteiger partial charge >= 0.3 is 5.97 Å². The zero-order chi connectivity index (χ0) is 15.9. The molecule has 0 aliphatic carbocycles. The van der Waals surface area contributed by atoms with Crippen LogP contribution in [0.25, 0.3) is 0 Å². The molecule has 0 unspecified atom stereocenters.